The monoisotopic (exact) mass is 380 g/mol. The van der Waals surface area contributed by atoms with Gasteiger partial charge in [-0.2, -0.15) is 0 Å². The van der Waals surface area contributed by atoms with E-state index in [-0.39, 0.29) is 18.9 Å². The number of hydrazine groups is 1. The van der Waals surface area contributed by atoms with E-state index < -0.39 is 5.91 Å². The van der Waals surface area contributed by atoms with Gasteiger partial charge in [0, 0.05) is 10.0 Å². The fourth-order valence-electron chi connectivity index (χ4n) is 2.15. The van der Waals surface area contributed by atoms with Crippen molar-refractivity contribution in [2.45, 2.75) is 20.3 Å². The Morgan fingerprint density at radius 1 is 0.960 bits per heavy atom. The molecule has 7 heteroatoms. The van der Waals surface area contributed by atoms with E-state index in [9.17, 15) is 9.59 Å². The van der Waals surface area contributed by atoms with Crippen LogP contribution in [0, 0.1) is 13.8 Å². The van der Waals surface area contributed by atoms with Crippen molar-refractivity contribution < 1.29 is 14.3 Å². The molecule has 0 bridgehead atoms. The molecule has 0 radical (unpaired) electrons. The van der Waals surface area contributed by atoms with Gasteiger partial charge >= 0.3 is 0 Å². The number of aryl methyl sites for hydroxylation is 2. The number of ether oxygens (including phenoxy) is 1. The lowest BCUT2D eigenvalue weighted by molar-refractivity contribution is -0.129. The summed E-state index contributed by atoms with van der Waals surface area (Å²) < 4.78 is 5.41. The first kappa shape index (κ1) is 19.1. The van der Waals surface area contributed by atoms with Crippen LogP contribution >= 0.6 is 23.2 Å². The Balaban J connectivity index is 1.77. The Morgan fingerprint density at radius 3 is 2.12 bits per heavy atom. The Morgan fingerprint density at radius 2 is 1.52 bits per heavy atom. The SMILES string of the molecule is Cc1cc(OCC(=O)NNC(=O)Cc2ccc(Cl)cc2)cc(C)c1Cl. The van der Waals surface area contributed by atoms with E-state index in [0.29, 0.717) is 15.8 Å². The van der Waals surface area contributed by atoms with Crippen molar-refractivity contribution in [1.29, 1.82) is 0 Å². The molecule has 2 aromatic carbocycles. The lowest BCUT2D eigenvalue weighted by Crippen LogP contribution is -2.44. The number of amides is 2. The summed E-state index contributed by atoms with van der Waals surface area (Å²) in [5.41, 5.74) is 7.18. The molecule has 0 heterocycles. The maximum atomic E-state index is 11.8. The Kier molecular flexibility index (Phi) is 6.67. The molecule has 2 amide bonds. The van der Waals surface area contributed by atoms with E-state index in [4.69, 9.17) is 27.9 Å². The fraction of sp³-hybridized carbons (Fsp3) is 0.222. The summed E-state index contributed by atoms with van der Waals surface area (Å²) in [5.74, 6) is -0.259. The van der Waals surface area contributed by atoms with Gasteiger partial charge in [0.1, 0.15) is 5.75 Å². The Hall–Kier alpha value is -2.24. The topological polar surface area (TPSA) is 67.4 Å². The number of carbonyl (C=O) groups excluding carboxylic acids is 2. The minimum Gasteiger partial charge on any atom is -0.484 e. The molecule has 0 aromatic heterocycles. The van der Waals surface area contributed by atoms with Crippen LogP contribution in [0.2, 0.25) is 10.0 Å². The van der Waals surface area contributed by atoms with Crippen LogP contribution < -0.4 is 15.6 Å². The third-order valence-corrected chi connectivity index (χ3v) is 4.25. The number of rotatable bonds is 5. The van der Waals surface area contributed by atoms with Crippen LogP contribution in [0.5, 0.6) is 5.75 Å². The quantitative estimate of drug-likeness (QED) is 0.781. The number of carbonyl (C=O) groups is 2. The van der Waals surface area contributed by atoms with Crippen LogP contribution in [0.3, 0.4) is 0 Å². The summed E-state index contributed by atoms with van der Waals surface area (Å²) in [6, 6.07) is 10.4. The second-order valence-corrected chi connectivity index (χ2v) is 6.37. The molecule has 5 nitrogen and oxygen atoms in total. The maximum absolute atomic E-state index is 11.8. The molecule has 0 saturated carbocycles. The minimum atomic E-state index is -0.463. The standard InChI is InChI=1S/C18H18Cl2N2O3/c1-11-7-15(8-12(2)18(11)20)25-10-17(24)22-21-16(23)9-13-3-5-14(19)6-4-13/h3-8H,9-10H2,1-2H3,(H,21,23)(H,22,24). The molecule has 0 saturated heterocycles. The second-order valence-electron chi connectivity index (χ2n) is 5.56. The van der Waals surface area contributed by atoms with Crippen LogP contribution in [0.15, 0.2) is 36.4 Å². The van der Waals surface area contributed by atoms with Crippen LogP contribution in [0.25, 0.3) is 0 Å². The molecule has 0 aliphatic carbocycles. The molecular weight excluding hydrogens is 363 g/mol. The van der Waals surface area contributed by atoms with Crippen molar-refractivity contribution in [1.82, 2.24) is 10.9 Å². The van der Waals surface area contributed by atoms with E-state index in [1.54, 1.807) is 36.4 Å². The number of hydrogen-bond donors (Lipinski definition) is 2. The zero-order valence-corrected chi connectivity index (χ0v) is 15.4. The summed E-state index contributed by atoms with van der Waals surface area (Å²) in [4.78, 5) is 23.5. The van der Waals surface area contributed by atoms with Crippen molar-refractivity contribution in [3.63, 3.8) is 0 Å². The Bertz CT molecular complexity index is 753. The highest BCUT2D eigenvalue weighted by Gasteiger charge is 2.08. The molecule has 0 aliphatic heterocycles. The number of nitrogens with one attached hydrogen (secondary N) is 2. The molecule has 0 aliphatic rings. The average Bonchev–Trinajstić information content (AvgIpc) is 2.58. The first-order valence-electron chi connectivity index (χ1n) is 7.57. The van der Waals surface area contributed by atoms with E-state index in [2.05, 4.69) is 10.9 Å². The van der Waals surface area contributed by atoms with Crippen molar-refractivity contribution >= 4 is 35.0 Å². The molecule has 0 fully saturated rings. The molecule has 25 heavy (non-hydrogen) atoms. The van der Waals surface area contributed by atoms with Gasteiger partial charge in [-0.05, 0) is 54.8 Å². The predicted molar refractivity (Wildman–Crippen MR) is 97.9 cm³/mol. The number of hydrogen-bond acceptors (Lipinski definition) is 3. The molecule has 0 atom stereocenters. The fourth-order valence-corrected chi connectivity index (χ4v) is 2.38. The largest absolute Gasteiger partial charge is 0.484 e. The normalized spacial score (nSPS) is 10.2. The third-order valence-electron chi connectivity index (χ3n) is 3.40. The van der Waals surface area contributed by atoms with Gasteiger partial charge in [-0.25, -0.2) is 0 Å². The highest BCUT2D eigenvalue weighted by molar-refractivity contribution is 6.32. The molecule has 132 valence electrons. The molecule has 2 N–H and O–H groups in total. The van der Waals surface area contributed by atoms with Gasteiger partial charge in [-0.3, -0.25) is 20.4 Å². The second kappa shape index (κ2) is 8.74. The summed E-state index contributed by atoms with van der Waals surface area (Å²) in [6.07, 6.45) is 0.133. The van der Waals surface area contributed by atoms with E-state index in [1.165, 1.54) is 0 Å². The third kappa shape index (κ3) is 5.96. The van der Waals surface area contributed by atoms with E-state index in [0.717, 1.165) is 16.7 Å². The smallest absolute Gasteiger partial charge is 0.276 e. The van der Waals surface area contributed by atoms with Gasteiger partial charge in [0.05, 0.1) is 6.42 Å². The van der Waals surface area contributed by atoms with Gasteiger partial charge < -0.3 is 4.74 Å². The summed E-state index contributed by atoms with van der Waals surface area (Å²) in [5, 5.41) is 1.27. The molecule has 2 rings (SSSR count). The van der Waals surface area contributed by atoms with Crippen molar-refractivity contribution in [2.75, 3.05) is 6.61 Å². The van der Waals surface area contributed by atoms with Crippen LogP contribution in [0.1, 0.15) is 16.7 Å². The van der Waals surface area contributed by atoms with E-state index >= 15 is 0 Å². The molecule has 0 unspecified atom stereocenters. The van der Waals surface area contributed by atoms with Gasteiger partial charge in [0.15, 0.2) is 6.61 Å². The molecule has 2 aromatic rings. The van der Waals surface area contributed by atoms with Gasteiger partial charge in [-0.15, -0.1) is 0 Å². The molecular formula is C18H18Cl2N2O3. The molecule has 0 spiro atoms. The predicted octanol–water partition coefficient (Wildman–Crippen LogP) is 3.38. The van der Waals surface area contributed by atoms with E-state index in [1.807, 2.05) is 13.8 Å². The lowest BCUT2D eigenvalue weighted by Gasteiger charge is -2.11. The lowest BCUT2D eigenvalue weighted by atomic mass is 10.1. The number of benzene rings is 2. The maximum Gasteiger partial charge on any atom is 0.276 e. The summed E-state index contributed by atoms with van der Waals surface area (Å²) in [6.45, 7) is 3.50. The first-order valence-corrected chi connectivity index (χ1v) is 8.32. The Labute approximate surface area is 156 Å². The zero-order valence-electron chi connectivity index (χ0n) is 13.9. The van der Waals surface area contributed by atoms with Crippen molar-refractivity contribution in [3.05, 3.63) is 63.1 Å². The highest BCUT2D eigenvalue weighted by Crippen LogP contribution is 2.25. The average molecular weight is 381 g/mol. The van der Waals surface area contributed by atoms with Gasteiger partial charge in [0.2, 0.25) is 5.91 Å². The summed E-state index contributed by atoms with van der Waals surface area (Å²) in [7, 11) is 0. The zero-order chi connectivity index (χ0) is 18.4. The van der Waals surface area contributed by atoms with Crippen molar-refractivity contribution in [3.8, 4) is 5.75 Å². The number of halogens is 2. The highest BCUT2D eigenvalue weighted by atomic mass is 35.5. The van der Waals surface area contributed by atoms with Gasteiger partial charge in [-0.1, -0.05) is 35.3 Å². The van der Waals surface area contributed by atoms with Gasteiger partial charge in [0.25, 0.3) is 5.91 Å². The minimum absolute atomic E-state index is 0.133. The van der Waals surface area contributed by atoms with Crippen LogP contribution in [0.4, 0.5) is 0 Å². The van der Waals surface area contributed by atoms with Crippen molar-refractivity contribution in [2.24, 2.45) is 0 Å². The van der Waals surface area contributed by atoms with Crippen LogP contribution in [-0.2, 0) is 16.0 Å². The first-order chi connectivity index (χ1) is 11.8. The summed E-state index contributed by atoms with van der Waals surface area (Å²) >= 11 is 11.9. The van der Waals surface area contributed by atoms with Crippen LogP contribution in [-0.4, -0.2) is 18.4 Å².